The average Bonchev–Trinajstić information content (AvgIpc) is 2.17. The summed E-state index contributed by atoms with van der Waals surface area (Å²) in [5.74, 6) is 0. The van der Waals surface area contributed by atoms with Gasteiger partial charge < -0.3 is 10.1 Å². The first-order chi connectivity index (χ1) is 6.72. The third-order valence-corrected chi connectivity index (χ3v) is 1.88. The van der Waals surface area contributed by atoms with Crippen molar-refractivity contribution in [1.29, 1.82) is 0 Å². The van der Waals surface area contributed by atoms with Gasteiger partial charge in [-0.25, -0.2) is 0 Å². The van der Waals surface area contributed by atoms with Crippen molar-refractivity contribution in [3.05, 3.63) is 23.8 Å². The highest BCUT2D eigenvalue weighted by Crippen LogP contribution is 1.94. The summed E-state index contributed by atoms with van der Waals surface area (Å²) in [5, 5.41) is 3.29. The van der Waals surface area contributed by atoms with Gasteiger partial charge in [0.2, 0.25) is 0 Å². The second-order valence-electron chi connectivity index (χ2n) is 3.39. The van der Waals surface area contributed by atoms with Crippen LogP contribution >= 0.6 is 0 Å². The standard InChI is InChI=1S/C10H17N3O/c1-8-4-13-10(5-11-8)6-12-9(2)7-14-3/h4-5,9,12H,6-7H2,1-3H3. The Bertz CT molecular complexity index is 261. The molecule has 1 unspecified atom stereocenters. The Balaban J connectivity index is 2.34. The van der Waals surface area contributed by atoms with Gasteiger partial charge in [0.15, 0.2) is 0 Å². The van der Waals surface area contributed by atoms with Crippen LogP contribution in [0, 0.1) is 6.92 Å². The molecule has 0 aliphatic heterocycles. The second-order valence-corrected chi connectivity index (χ2v) is 3.39. The van der Waals surface area contributed by atoms with E-state index in [1.165, 1.54) is 0 Å². The van der Waals surface area contributed by atoms with Crippen molar-refractivity contribution in [3.8, 4) is 0 Å². The van der Waals surface area contributed by atoms with Crippen LogP contribution in [0.5, 0.6) is 0 Å². The minimum absolute atomic E-state index is 0.336. The lowest BCUT2D eigenvalue weighted by atomic mass is 10.3. The maximum Gasteiger partial charge on any atom is 0.0724 e. The molecular formula is C10H17N3O. The van der Waals surface area contributed by atoms with E-state index in [0.29, 0.717) is 12.6 Å². The van der Waals surface area contributed by atoms with Gasteiger partial charge in [0.05, 0.1) is 18.0 Å². The van der Waals surface area contributed by atoms with Gasteiger partial charge in [-0.1, -0.05) is 0 Å². The molecule has 4 heteroatoms. The third-order valence-electron chi connectivity index (χ3n) is 1.88. The second kappa shape index (κ2) is 5.67. The number of rotatable bonds is 5. The first-order valence-electron chi connectivity index (χ1n) is 4.72. The fourth-order valence-electron chi connectivity index (χ4n) is 1.10. The Hall–Kier alpha value is -1.00. The fraction of sp³-hybridized carbons (Fsp3) is 0.600. The van der Waals surface area contributed by atoms with Gasteiger partial charge in [-0.05, 0) is 13.8 Å². The number of aromatic nitrogens is 2. The lowest BCUT2D eigenvalue weighted by Crippen LogP contribution is -2.29. The zero-order valence-electron chi connectivity index (χ0n) is 8.95. The van der Waals surface area contributed by atoms with Crippen molar-refractivity contribution < 1.29 is 4.74 Å². The quantitative estimate of drug-likeness (QED) is 0.758. The van der Waals surface area contributed by atoms with E-state index in [0.717, 1.165) is 17.9 Å². The normalized spacial score (nSPS) is 12.8. The highest BCUT2D eigenvalue weighted by atomic mass is 16.5. The number of hydrogen-bond acceptors (Lipinski definition) is 4. The largest absolute Gasteiger partial charge is 0.383 e. The maximum atomic E-state index is 5.01. The van der Waals surface area contributed by atoms with Gasteiger partial charge in [-0.2, -0.15) is 0 Å². The summed E-state index contributed by atoms with van der Waals surface area (Å²) >= 11 is 0. The molecule has 1 atom stereocenters. The fourth-order valence-corrected chi connectivity index (χ4v) is 1.10. The van der Waals surface area contributed by atoms with Gasteiger partial charge >= 0.3 is 0 Å². The topological polar surface area (TPSA) is 47.0 Å². The van der Waals surface area contributed by atoms with E-state index in [9.17, 15) is 0 Å². The van der Waals surface area contributed by atoms with Gasteiger partial charge in [-0.3, -0.25) is 9.97 Å². The van der Waals surface area contributed by atoms with Crippen molar-refractivity contribution in [1.82, 2.24) is 15.3 Å². The first-order valence-corrected chi connectivity index (χ1v) is 4.72. The SMILES string of the molecule is COCC(C)NCc1cnc(C)cn1. The zero-order chi connectivity index (χ0) is 10.4. The van der Waals surface area contributed by atoms with Crippen LogP contribution in [0.4, 0.5) is 0 Å². The lowest BCUT2D eigenvalue weighted by Gasteiger charge is -2.11. The van der Waals surface area contributed by atoms with Crippen molar-refractivity contribution in [3.63, 3.8) is 0 Å². The van der Waals surface area contributed by atoms with E-state index >= 15 is 0 Å². The smallest absolute Gasteiger partial charge is 0.0724 e. The summed E-state index contributed by atoms with van der Waals surface area (Å²) in [7, 11) is 1.70. The Kier molecular flexibility index (Phi) is 4.49. The van der Waals surface area contributed by atoms with Crippen molar-refractivity contribution in [2.75, 3.05) is 13.7 Å². The molecule has 4 nitrogen and oxygen atoms in total. The predicted octanol–water partition coefficient (Wildman–Crippen LogP) is 0.910. The van der Waals surface area contributed by atoms with Crippen molar-refractivity contribution in [2.45, 2.75) is 26.4 Å². The molecule has 0 radical (unpaired) electrons. The number of aryl methyl sites for hydroxylation is 1. The summed E-state index contributed by atoms with van der Waals surface area (Å²) in [6, 6.07) is 0.336. The molecule has 1 rings (SSSR count). The minimum Gasteiger partial charge on any atom is -0.383 e. The number of ether oxygens (including phenoxy) is 1. The highest BCUT2D eigenvalue weighted by molar-refractivity contribution is 5.00. The van der Waals surface area contributed by atoms with Crippen LogP contribution < -0.4 is 5.32 Å². The summed E-state index contributed by atoms with van der Waals surface area (Å²) in [4.78, 5) is 8.41. The summed E-state index contributed by atoms with van der Waals surface area (Å²) in [6.07, 6.45) is 3.57. The molecule has 1 N–H and O–H groups in total. The monoisotopic (exact) mass is 195 g/mol. The number of methoxy groups -OCH3 is 1. The molecule has 0 bridgehead atoms. The van der Waals surface area contributed by atoms with Crippen LogP contribution in [0.15, 0.2) is 12.4 Å². The molecule has 14 heavy (non-hydrogen) atoms. The van der Waals surface area contributed by atoms with Crippen LogP contribution in [0.2, 0.25) is 0 Å². The Labute approximate surface area is 84.7 Å². The van der Waals surface area contributed by atoms with E-state index in [-0.39, 0.29) is 0 Å². The van der Waals surface area contributed by atoms with Crippen LogP contribution in [-0.2, 0) is 11.3 Å². The number of nitrogens with one attached hydrogen (secondary N) is 1. The molecular weight excluding hydrogens is 178 g/mol. The highest BCUT2D eigenvalue weighted by Gasteiger charge is 2.00. The molecule has 1 heterocycles. The van der Waals surface area contributed by atoms with Crippen LogP contribution in [-0.4, -0.2) is 29.7 Å². The van der Waals surface area contributed by atoms with E-state index in [1.807, 2.05) is 6.92 Å². The van der Waals surface area contributed by atoms with Crippen molar-refractivity contribution >= 4 is 0 Å². The maximum absolute atomic E-state index is 5.01. The molecule has 78 valence electrons. The molecule has 0 saturated heterocycles. The van der Waals surface area contributed by atoms with Crippen LogP contribution in [0.3, 0.4) is 0 Å². The molecule has 1 aromatic heterocycles. The zero-order valence-corrected chi connectivity index (χ0v) is 8.95. The molecule has 1 aromatic rings. The molecule has 0 fully saturated rings. The molecule has 0 aliphatic carbocycles. The molecule has 0 amide bonds. The van der Waals surface area contributed by atoms with Gasteiger partial charge in [0, 0.05) is 32.1 Å². The van der Waals surface area contributed by atoms with Gasteiger partial charge in [0.25, 0.3) is 0 Å². The van der Waals surface area contributed by atoms with E-state index in [1.54, 1.807) is 19.5 Å². The minimum atomic E-state index is 0.336. The number of hydrogen-bond donors (Lipinski definition) is 1. The van der Waals surface area contributed by atoms with Gasteiger partial charge in [0.1, 0.15) is 0 Å². The average molecular weight is 195 g/mol. The van der Waals surface area contributed by atoms with Crippen LogP contribution in [0.1, 0.15) is 18.3 Å². The third kappa shape index (κ3) is 3.81. The van der Waals surface area contributed by atoms with E-state index in [4.69, 9.17) is 4.74 Å². The van der Waals surface area contributed by atoms with Crippen molar-refractivity contribution in [2.24, 2.45) is 0 Å². The van der Waals surface area contributed by atoms with Crippen LogP contribution in [0.25, 0.3) is 0 Å². The van der Waals surface area contributed by atoms with E-state index in [2.05, 4.69) is 22.2 Å². The summed E-state index contributed by atoms with van der Waals surface area (Å²) in [6.45, 7) is 5.44. The first kappa shape index (κ1) is 11.1. The lowest BCUT2D eigenvalue weighted by molar-refractivity contribution is 0.171. The summed E-state index contributed by atoms with van der Waals surface area (Å²) in [5.41, 5.74) is 1.90. The van der Waals surface area contributed by atoms with Gasteiger partial charge in [-0.15, -0.1) is 0 Å². The predicted molar refractivity (Wildman–Crippen MR) is 54.9 cm³/mol. The Morgan fingerprint density at radius 1 is 1.43 bits per heavy atom. The Morgan fingerprint density at radius 3 is 2.79 bits per heavy atom. The molecule has 0 aromatic carbocycles. The molecule has 0 aliphatic rings. The van der Waals surface area contributed by atoms with E-state index < -0.39 is 0 Å². The summed E-state index contributed by atoms with van der Waals surface area (Å²) < 4.78 is 5.01. The Morgan fingerprint density at radius 2 is 2.21 bits per heavy atom. The molecule has 0 saturated carbocycles. The number of nitrogens with zero attached hydrogens (tertiary/aromatic N) is 2. The molecule has 0 spiro atoms.